The number of hydrogen-bond donors (Lipinski definition) is 0. The molecular weight excluding hydrogens is 964 g/mol. The Balaban J connectivity index is 0.907. The Hall–Kier alpha value is -10.3. The topological polar surface area (TPSA) is 17.4 Å². The molecule has 1 heterocycles. The van der Waals surface area contributed by atoms with Gasteiger partial charge in [0.05, 0.1) is 16.4 Å². The van der Waals surface area contributed by atoms with E-state index in [1.54, 1.807) is 12.1 Å². The summed E-state index contributed by atoms with van der Waals surface area (Å²) in [4.78, 5) is 2.36. The highest BCUT2D eigenvalue weighted by Crippen LogP contribution is 2.57. The molecule has 0 bridgehead atoms. The van der Waals surface area contributed by atoms with Gasteiger partial charge in [-0.25, -0.2) is 4.39 Å². The van der Waals surface area contributed by atoms with Crippen LogP contribution in [0.25, 0.3) is 78.1 Å². The van der Waals surface area contributed by atoms with Crippen LogP contribution >= 0.6 is 0 Å². The van der Waals surface area contributed by atoms with Crippen LogP contribution in [0.15, 0.2) is 298 Å². The molecule has 1 unspecified atom stereocenters. The third kappa shape index (κ3) is 8.30. The molecule has 0 spiro atoms. The molecule has 374 valence electrons. The smallest absolute Gasteiger partial charge is 0.127 e. The molecule has 0 aliphatic heterocycles. The average molecular weight is 1020 g/mol. The normalized spacial score (nSPS) is 13.5. The van der Waals surface area contributed by atoms with Crippen molar-refractivity contribution in [3.63, 3.8) is 0 Å². The molecule has 0 fully saturated rings. The Morgan fingerprint density at radius 1 is 0.380 bits per heavy atom. The highest BCUT2D eigenvalue weighted by atomic mass is 19.1. The molecule has 14 rings (SSSR count). The lowest BCUT2D eigenvalue weighted by molar-refractivity contribution is 0.482. The van der Waals surface area contributed by atoms with Crippen molar-refractivity contribution in [2.75, 3.05) is 4.90 Å². The summed E-state index contributed by atoms with van der Waals surface area (Å²) in [5, 5.41) is 2.43. The van der Waals surface area contributed by atoms with E-state index >= 15 is 4.39 Å². The molecule has 79 heavy (non-hydrogen) atoms. The third-order valence-corrected chi connectivity index (χ3v) is 15.8. The first-order valence-electron chi connectivity index (χ1n) is 26.8. The number of nitrogens with zero attached hydrogens (tertiary/aromatic N) is 2. The fourth-order valence-electron chi connectivity index (χ4n) is 12.0. The van der Waals surface area contributed by atoms with Gasteiger partial charge in [0.2, 0.25) is 0 Å². The molecule has 0 amide bonds. The van der Waals surface area contributed by atoms with Gasteiger partial charge in [-0.2, -0.15) is 0 Å². The fourth-order valence-corrected chi connectivity index (χ4v) is 12.0. The summed E-state index contributed by atoms with van der Waals surface area (Å²) in [5.41, 5.74) is 20.1. The summed E-state index contributed by atoms with van der Waals surface area (Å²) < 4.78 is 23.8. The summed E-state index contributed by atoms with van der Waals surface area (Å²) in [6.07, 6.45) is 1.82. The summed E-state index contributed by atoms with van der Waals surface area (Å²) in [6.45, 7) is 3.90. The second kappa shape index (κ2) is 19.7. The number of hydrogen-bond acceptors (Lipinski definition) is 2. The van der Waals surface area contributed by atoms with Crippen LogP contribution < -0.4 is 9.64 Å². The Morgan fingerprint density at radius 3 is 1.56 bits per heavy atom. The predicted molar refractivity (Wildman–Crippen MR) is 326 cm³/mol. The van der Waals surface area contributed by atoms with E-state index in [2.05, 4.69) is 247 Å². The zero-order chi connectivity index (χ0) is 52.9. The number of ether oxygens (including phenoxy) is 1. The van der Waals surface area contributed by atoms with E-state index in [-0.39, 0.29) is 5.82 Å². The monoisotopic (exact) mass is 1010 g/mol. The third-order valence-electron chi connectivity index (χ3n) is 15.8. The molecule has 0 radical (unpaired) electrons. The van der Waals surface area contributed by atoms with Gasteiger partial charge in [-0.15, -0.1) is 0 Å². The molecule has 13 aromatic rings. The molecule has 1 aromatic heterocycles. The molecule has 0 saturated carbocycles. The molecule has 1 aliphatic carbocycles. The summed E-state index contributed by atoms with van der Waals surface area (Å²) in [7, 11) is 0. The Morgan fingerprint density at radius 2 is 0.886 bits per heavy atom. The van der Waals surface area contributed by atoms with Crippen LogP contribution in [0.1, 0.15) is 27.8 Å². The zero-order valence-corrected chi connectivity index (χ0v) is 43.2. The van der Waals surface area contributed by atoms with Crippen LogP contribution in [0.4, 0.5) is 21.5 Å². The van der Waals surface area contributed by atoms with Crippen molar-refractivity contribution >= 4 is 44.9 Å². The van der Waals surface area contributed by atoms with Crippen molar-refractivity contribution in [3.05, 3.63) is 331 Å². The minimum Gasteiger partial charge on any atom is -0.457 e. The van der Waals surface area contributed by atoms with Crippen LogP contribution in [0.3, 0.4) is 0 Å². The van der Waals surface area contributed by atoms with E-state index in [1.165, 1.54) is 32.9 Å². The van der Waals surface area contributed by atoms with Gasteiger partial charge >= 0.3 is 0 Å². The molecule has 1 aliphatic rings. The van der Waals surface area contributed by atoms with Crippen molar-refractivity contribution in [1.82, 2.24) is 4.57 Å². The SMILES string of the molecule is C=Cc1ccc(Oc2ccc(C3(c4ccc(F)cc4)c4ccccc4-c4ccc(N(c5ccc(-c6cccc(-c7ccccc7)c6)cc5)c5ccc(-c6ccc7c(c6)c6ccccc6n7-c6ccccc6)cc5)cc43)cc2)cc1. The highest BCUT2D eigenvalue weighted by Gasteiger charge is 2.46. The second-order valence-corrected chi connectivity index (χ2v) is 20.2. The van der Waals surface area contributed by atoms with Gasteiger partial charge in [-0.05, 0) is 182 Å². The molecule has 12 aromatic carbocycles. The van der Waals surface area contributed by atoms with E-state index in [0.717, 1.165) is 89.7 Å². The van der Waals surface area contributed by atoms with Crippen LogP contribution in [0.5, 0.6) is 11.5 Å². The summed E-state index contributed by atoms with van der Waals surface area (Å²) >= 11 is 0. The standard InChI is InChI=1S/C75H51FN2O/c1-2-51-24-42-65(43-25-51)79-66-44-33-59(34-45-66)75(58-31-35-60(76)36-32-58)71-22-11-9-20-67(71)68-46-41-64(50-72(68)75)77(62-37-26-53(27-38-62)56-17-13-16-55(48-56)52-14-5-3-6-15-52)63-39-28-54(29-40-63)57-30-47-74-70(49-57)69-21-10-12-23-73(69)78(74)61-18-7-4-8-19-61/h2-50H,1H2. The van der Waals surface area contributed by atoms with Crippen molar-refractivity contribution in [1.29, 1.82) is 0 Å². The number of para-hydroxylation sites is 2. The Labute approximate surface area is 459 Å². The first-order chi connectivity index (χ1) is 39.0. The zero-order valence-electron chi connectivity index (χ0n) is 43.2. The maximum Gasteiger partial charge on any atom is 0.127 e. The highest BCUT2D eigenvalue weighted by molar-refractivity contribution is 6.10. The fraction of sp³-hybridized carbons (Fsp3) is 0.0133. The quantitative estimate of drug-likeness (QED) is 0.121. The largest absolute Gasteiger partial charge is 0.457 e. The van der Waals surface area contributed by atoms with Crippen molar-refractivity contribution in [2.45, 2.75) is 5.41 Å². The van der Waals surface area contributed by atoms with Crippen LogP contribution in [-0.4, -0.2) is 4.57 Å². The molecule has 1 atom stereocenters. The minimum atomic E-state index is -0.814. The van der Waals surface area contributed by atoms with Crippen molar-refractivity contribution in [3.8, 4) is 61.7 Å². The van der Waals surface area contributed by atoms with E-state index in [4.69, 9.17) is 4.74 Å². The van der Waals surface area contributed by atoms with Gasteiger partial charge in [0, 0.05) is 33.5 Å². The van der Waals surface area contributed by atoms with Gasteiger partial charge in [0.1, 0.15) is 17.3 Å². The lowest BCUT2D eigenvalue weighted by atomic mass is 9.67. The van der Waals surface area contributed by atoms with E-state index in [9.17, 15) is 0 Å². The number of fused-ring (bicyclic) bond motifs is 6. The Kier molecular flexibility index (Phi) is 11.8. The maximum absolute atomic E-state index is 15.1. The van der Waals surface area contributed by atoms with Gasteiger partial charge < -0.3 is 14.2 Å². The molecule has 3 nitrogen and oxygen atoms in total. The van der Waals surface area contributed by atoms with Crippen LogP contribution in [0.2, 0.25) is 0 Å². The number of anilines is 3. The van der Waals surface area contributed by atoms with Gasteiger partial charge in [0.15, 0.2) is 0 Å². The van der Waals surface area contributed by atoms with Gasteiger partial charge in [0.25, 0.3) is 0 Å². The van der Waals surface area contributed by atoms with Crippen molar-refractivity contribution in [2.24, 2.45) is 0 Å². The predicted octanol–water partition coefficient (Wildman–Crippen LogP) is 20.2. The second-order valence-electron chi connectivity index (χ2n) is 20.2. The first kappa shape index (κ1) is 47.2. The molecule has 0 saturated heterocycles. The van der Waals surface area contributed by atoms with E-state index in [0.29, 0.717) is 5.75 Å². The minimum absolute atomic E-state index is 0.283. The molecule has 4 heteroatoms. The number of rotatable bonds is 12. The number of halogens is 1. The Bertz CT molecular complexity index is 4380. The molecule has 0 N–H and O–H groups in total. The van der Waals surface area contributed by atoms with Crippen LogP contribution in [-0.2, 0) is 5.41 Å². The number of benzene rings is 12. The number of aromatic nitrogens is 1. The first-order valence-corrected chi connectivity index (χ1v) is 26.8. The summed E-state index contributed by atoms with van der Waals surface area (Å²) in [6, 6.07) is 102. The van der Waals surface area contributed by atoms with E-state index < -0.39 is 5.41 Å². The average Bonchev–Trinajstić information content (AvgIpc) is 3.85. The molecular formula is C75H51FN2O. The lowest BCUT2D eigenvalue weighted by Gasteiger charge is -2.35. The van der Waals surface area contributed by atoms with Gasteiger partial charge in [-0.3, -0.25) is 0 Å². The maximum atomic E-state index is 15.1. The van der Waals surface area contributed by atoms with Crippen LogP contribution in [0, 0.1) is 5.82 Å². The van der Waals surface area contributed by atoms with Gasteiger partial charge in [-0.1, -0.05) is 195 Å². The summed E-state index contributed by atoms with van der Waals surface area (Å²) in [5.74, 6) is 1.17. The van der Waals surface area contributed by atoms with E-state index in [1.807, 2.05) is 54.6 Å². The lowest BCUT2D eigenvalue weighted by Crippen LogP contribution is -2.28. The van der Waals surface area contributed by atoms with Crippen molar-refractivity contribution < 1.29 is 9.13 Å².